The number of nitrogens with one attached hydrogen (secondary N) is 1. The Balaban J connectivity index is 2.18. The molecule has 100 valence electrons. The fraction of sp³-hybridized carbons (Fsp3) is 0.600. The standard InChI is InChI=1S/C15H24N2O/c1-11-5-6-15(18-4)14(9-11)12(2)17-8-7-13(10-17)16-3/h5-6,9,12-13,16H,7-8,10H2,1-4H3. The Labute approximate surface area is 110 Å². The van der Waals surface area contributed by atoms with Crippen molar-refractivity contribution in [2.75, 3.05) is 27.2 Å². The normalized spacial score (nSPS) is 22.1. The van der Waals surface area contributed by atoms with E-state index < -0.39 is 0 Å². The topological polar surface area (TPSA) is 24.5 Å². The summed E-state index contributed by atoms with van der Waals surface area (Å²) in [4.78, 5) is 2.53. The lowest BCUT2D eigenvalue weighted by molar-refractivity contribution is 0.250. The van der Waals surface area contributed by atoms with Crippen LogP contribution in [0.1, 0.15) is 30.5 Å². The van der Waals surface area contributed by atoms with Crippen molar-refractivity contribution in [1.82, 2.24) is 10.2 Å². The lowest BCUT2D eigenvalue weighted by Gasteiger charge is -2.26. The van der Waals surface area contributed by atoms with E-state index in [9.17, 15) is 0 Å². The number of nitrogens with zero attached hydrogens (tertiary/aromatic N) is 1. The van der Waals surface area contributed by atoms with E-state index in [1.54, 1.807) is 7.11 Å². The molecular weight excluding hydrogens is 224 g/mol. The van der Waals surface area contributed by atoms with Crippen molar-refractivity contribution in [3.05, 3.63) is 29.3 Å². The van der Waals surface area contributed by atoms with Crippen LogP contribution >= 0.6 is 0 Å². The quantitative estimate of drug-likeness (QED) is 0.885. The van der Waals surface area contributed by atoms with Crippen molar-refractivity contribution in [1.29, 1.82) is 0 Å². The Morgan fingerprint density at radius 2 is 2.22 bits per heavy atom. The van der Waals surface area contributed by atoms with Crippen molar-refractivity contribution < 1.29 is 4.74 Å². The van der Waals surface area contributed by atoms with E-state index in [0.717, 1.165) is 18.8 Å². The maximum atomic E-state index is 5.49. The van der Waals surface area contributed by atoms with Gasteiger partial charge in [0.2, 0.25) is 0 Å². The largest absolute Gasteiger partial charge is 0.496 e. The van der Waals surface area contributed by atoms with Crippen LogP contribution in [0.3, 0.4) is 0 Å². The third kappa shape index (κ3) is 2.68. The molecule has 1 fully saturated rings. The Morgan fingerprint density at radius 3 is 2.83 bits per heavy atom. The summed E-state index contributed by atoms with van der Waals surface area (Å²) in [7, 11) is 3.80. The van der Waals surface area contributed by atoms with Crippen molar-refractivity contribution in [3.8, 4) is 5.75 Å². The van der Waals surface area contributed by atoms with Crippen LogP contribution in [0.15, 0.2) is 18.2 Å². The molecule has 1 saturated heterocycles. The zero-order chi connectivity index (χ0) is 13.1. The van der Waals surface area contributed by atoms with Gasteiger partial charge in [-0.3, -0.25) is 4.90 Å². The second kappa shape index (κ2) is 5.72. The molecule has 1 N–H and O–H groups in total. The maximum absolute atomic E-state index is 5.49. The summed E-state index contributed by atoms with van der Waals surface area (Å²) in [5.74, 6) is 1.00. The Morgan fingerprint density at radius 1 is 1.44 bits per heavy atom. The molecule has 0 spiro atoms. The predicted octanol–water partition coefficient (Wildman–Crippen LogP) is 2.36. The Bertz CT molecular complexity index is 405. The maximum Gasteiger partial charge on any atom is 0.123 e. The molecule has 0 amide bonds. The van der Waals surface area contributed by atoms with Crippen molar-refractivity contribution >= 4 is 0 Å². The minimum Gasteiger partial charge on any atom is -0.496 e. The van der Waals surface area contributed by atoms with E-state index in [-0.39, 0.29) is 0 Å². The zero-order valence-electron chi connectivity index (χ0n) is 11.9. The SMILES string of the molecule is CNC1CCN(C(C)c2cc(C)ccc2OC)C1. The van der Waals surface area contributed by atoms with Gasteiger partial charge in [0.1, 0.15) is 5.75 Å². The molecule has 2 atom stereocenters. The minimum atomic E-state index is 0.415. The number of hydrogen-bond donors (Lipinski definition) is 1. The monoisotopic (exact) mass is 248 g/mol. The van der Waals surface area contributed by atoms with Gasteiger partial charge in [-0.2, -0.15) is 0 Å². The molecular formula is C15H24N2O. The summed E-state index contributed by atoms with van der Waals surface area (Å²) in [6, 6.07) is 7.47. The highest BCUT2D eigenvalue weighted by atomic mass is 16.5. The van der Waals surface area contributed by atoms with Gasteiger partial charge < -0.3 is 10.1 Å². The second-order valence-corrected chi connectivity index (χ2v) is 5.19. The van der Waals surface area contributed by atoms with Gasteiger partial charge in [0.25, 0.3) is 0 Å². The molecule has 0 aliphatic carbocycles. The van der Waals surface area contributed by atoms with Gasteiger partial charge in [0, 0.05) is 30.7 Å². The van der Waals surface area contributed by atoms with Crippen molar-refractivity contribution in [2.45, 2.75) is 32.4 Å². The van der Waals surface area contributed by atoms with Gasteiger partial charge in [0.15, 0.2) is 0 Å². The fourth-order valence-electron chi connectivity index (χ4n) is 2.75. The van der Waals surface area contributed by atoms with Crippen molar-refractivity contribution in [3.63, 3.8) is 0 Å². The summed E-state index contributed by atoms with van der Waals surface area (Å²) in [5, 5.41) is 3.37. The smallest absolute Gasteiger partial charge is 0.123 e. The van der Waals surface area contributed by atoms with E-state index in [1.165, 1.54) is 17.5 Å². The first-order valence-corrected chi connectivity index (χ1v) is 6.71. The molecule has 1 aromatic rings. The molecule has 2 unspecified atom stereocenters. The number of methoxy groups -OCH3 is 1. The van der Waals surface area contributed by atoms with E-state index in [4.69, 9.17) is 4.74 Å². The highest BCUT2D eigenvalue weighted by Gasteiger charge is 2.27. The summed E-state index contributed by atoms with van der Waals surface area (Å²) in [5.41, 5.74) is 2.59. The van der Waals surface area contributed by atoms with E-state index >= 15 is 0 Å². The molecule has 2 rings (SSSR count). The predicted molar refractivity (Wildman–Crippen MR) is 75.2 cm³/mol. The minimum absolute atomic E-state index is 0.415. The molecule has 0 radical (unpaired) electrons. The Hall–Kier alpha value is -1.06. The molecule has 3 heteroatoms. The first kappa shape index (κ1) is 13.4. The molecule has 1 aliphatic rings. The van der Waals surface area contributed by atoms with Crippen molar-refractivity contribution in [2.24, 2.45) is 0 Å². The number of benzene rings is 1. The van der Waals surface area contributed by atoms with Gasteiger partial charge in [-0.1, -0.05) is 17.7 Å². The van der Waals surface area contributed by atoms with Crippen LogP contribution in [0.5, 0.6) is 5.75 Å². The number of aryl methyl sites for hydroxylation is 1. The second-order valence-electron chi connectivity index (χ2n) is 5.19. The van der Waals surface area contributed by atoms with E-state index in [1.807, 2.05) is 7.05 Å². The van der Waals surface area contributed by atoms with Gasteiger partial charge in [-0.15, -0.1) is 0 Å². The molecule has 0 aromatic heterocycles. The molecule has 1 aromatic carbocycles. The number of likely N-dealkylation sites (tertiary alicyclic amines) is 1. The Kier molecular flexibility index (Phi) is 4.25. The zero-order valence-corrected chi connectivity index (χ0v) is 11.9. The number of hydrogen-bond acceptors (Lipinski definition) is 3. The lowest BCUT2D eigenvalue weighted by atomic mass is 10.0. The fourth-order valence-corrected chi connectivity index (χ4v) is 2.75. The highest BCUT2D eigenvalue weighted by molar-refractivity contribution is 5.39. The first-order valence-electron chi connectivity index (χ1n) is 6.71. The number of ether oxygens (including phenoxy) is 1. The molecule has 0 saturated carbocycles. The summed E-state index contributed by atoms with van der Waals surface area (Å²) in [6.45, 7) is 6.68. The van der Waals surface area contributed by atoms with Gasteiger partial charge in [0.05, 0.1) is 7.11 Å². The summed E-state index contributed by atoms with van der Waals surface area (Å²) >= 11 is 0. The van der Waals surface area contributed by atoms with Crippen LogP contribution in [0.25, 0.3) is 0 Å². The molecule has 1 heterocycles. The van der Waals surface area contributed by atoms with Gasteiger partial charge in [-0.05, 0) is 33.4 Å². The lowest BCUT2D eigenvalue weighted by Crippen LogP contribution is -2.31. The average molecular weight is 248 g/mol. The van der Waals surface area contributed by atoms with Crippen LogP contribution in [0, 0.1) is 6.92 Å². The first-order chi connectivity index (χ1) is 8.65. The van der Waals surface area contributed by atoms with Crippen LogP contribution in [-0.4, -0.2) is 38.2 Å². The third-order valence-corrected chi connectivity index (χ3v) is 4.01. The van der Waals surface area contributed by atoms with Crippen LogP contribution in [0.2, 0.25) is 0 Å². The molecule has 1 aliphatic heterocycles. The summed E-state index contributed by atoms with van der Waals surface area (Å²) in [6.07, 6.45) is 1.23. The van der Waals surface area contributed by atoms with E-state index in [0.29, 0.717) is 12.1 Å². The van der Waals surface area contributed by atoms with Crippen LogP contribution in [-0.2, 0) is 0 Å². The third-order valence-electron chi connectivity index (χ3n) is 4.01. The average Bonchev–Trinajstić information content (AvgIpc) is 2.86. The molecule has 3 nitrogen and oxygen atoms in total. The van der Waals surface area contributed by atoms with Crippen LogP contribution < -0.4 is 10.1 Å². The molecule has 0 bridgehead atoms. The molecule has 18 heavy (non-hydrogen) atoms. The van der Waals surface area contributed by atoms with Gasteiger partial charge in [-0.25, -0.2) is 0 Å². The summed E-state index contributed by atoms with van der Waals surface area (Å²) < 4.78 is 5.49. The van der Waals surface area contributed by atoms with Crippen LogP contribution in [0.4, 0.5) is 0 Å². The number of likely N-dealkylation sites (N-methyl/N-ethyl adjacent to an activating group) is 1. The highest BCUT2D eigenvalue weighted by Crippen LogP contribution is 2.32. The number of rotatable bonds is 4. The van der Waals surface area contributed by atoms with Gasteiger partial charge >= 0.3 is 0 Å². The van der Waals surface area contributed by atoms with E-state index in [2.05, 4.69) is 42.3 Å².